The number of benzene rings is 2. The van der Waals surface area contributed by atoms with Crippen molar-refractivity contribution in [3.63, 3.8) is 0 Å². The van der Waals surface area contributed by atoms with Crippen LogP contribution >= 0.6 is 11.6 Å². The summed E-state index contributed by atoms with van der Waals surface area (Å²) in [6.07, 6.45) is 4.11. The van der Waals surface area contributed by atoms with E-state index in [9.17, 15) is 9.59 Å². The molecule has 2 aromatic carbocycles. The van der Waals surface area contributed by atoms with E-state index in [0.717, 1.165) is 31.2 Å². The first-order valence-corrected chi connectivity index (χ1v) is 12.2. The Balaban J connectivity index is 1.58. The summed E-state index contributed by atoms with van der Waals surface area (Å²) in [4.78, 5) is 29.4. The van der Waals surface area contributed by atoms with Crippen LogP contribution in [0.1, 0.15) is 39.5 Å². The van der Waals surface area contributed by atoms with E-state index in [1.54, 1.807) is 43.3 Å². The monoisotopic (exact) mass is 496 g/mol. The van der Waals surface area contributed by atoms with Crippen molar-refractivity contribution in [2.75, 3.05) is 11.5 Å². The highest BCUT2D eigenvalue weighted by Crippen LogP contribution is 2.30. The number of nitrogens with zero attached hydrogens (tertiary/aromatic N) is 5. The molecule has 1 heterocycles. The second-order valence-corrected chi connectivity index (χ2v) is 8.92. The summed E-state index contributed by atoms with van der Waals surface area (Å²) in [7, 11) is 0. The van der Waals surface area contributed by atoms with Gasteiger partial charge in [-0.2, -0.15) is 4.80 Å². The number of para-hydroxylation sites is 2. The van der Waals surface area contributed by atoms with Crippen LogP contribution in [0.4, 0.5) is 5.69 Å². The van der Waals surface area contributed by atoms with E-state index in [0.29, 0.717) is 28.9 Å². The zero-order valence-electron chi connectivity index (χ0n) is 19.9. The van der Waals surface area contributed by atoms with E-state index in [-0.39, 0.29) is 24.4 Å². The molecule has 1 aliphatic carbocycles. The minimum atomic E-state index is -0.760. The molecule has 2 amide bonds. The Hall–Kier alpha value is -3.46. The van der Waals surface area contributed by atoms with Gasteiger partial charge in [0.05, 0.1) is 12.3 Å². The summed E-state index contributed by atoms with van der Waals surface area (Å²) in [6.45, 7) is 3.83. The molecule has 0 radical (unpaired) electrons. The second kappa shape index (κ2) is 11.3. The normalized spacial score (nSPS) is 14.5. The Bertz CT molecular complexity index is 1160. The molecule has 0 saturated heterocycles. The molecule has 1 saturated carbocycles. The van der Waals surface area contributed by atoms with Gasteiger partial charge in [-0.1, -0.05) is 36.6 Å². The number of hydrogen-bond acceptors (Lipinski definition) is 6. The fraction of sp³-hybridized carbons (Fsp3) is 0.400. The maximum absolute atomic E-state index is 13.6. The Kier molecular flexibility index (Phi) is 7.97. The van der Waals surface area contributed by atoms with Crippen LogP contribution in [-0.4, -0.2) is 50.7 Å². The third-order valence-corrected chi connectivity index (χ3v) is 6.25. The molecule has 1 unspecified atom stereocenters. The van der Waals surface area contributed by atoms with Gasteiger partial charge in [0.15, 0.2) is 0 Å². The molecule has 35 heavy (non-hydrogen) atoms. The van der Waals surface area contributed by atoms with Crippen LogP contribution in [0.2, 0.25) is 5.02 Å². The minimum Gasteiger partial charge on any atom is -0.492 e. The molecule has 9 nitrogen and oxygen atoms in total. The van der Waals surface area contributed by atoms with Crippen LogP contribution in [0.5, 0.6) is 5.75 Å². The Morgan fingerprint density at radius 1 is 1.17 bits per heavy atom. The molecule has 10 heteroatoms. The molecule has 0 bridgehead atoms. The van der Waals surface area contributed by atoms with Gasteiger partial charge < -0.3 is 10.1 Å². The van der Waals surface area contributed by atoms with Crippen LogP contribution in [0.25, 0.3) is 11.4 Å². The van der Waals surface area contributed by atoms with E-state index in [2.05, 4.69) is 20.7 Å². The number of rotatable bonds is 9. The van der Waals surface area contributed by atoms with Crippen LogP contribution in [0, 0.1) is 0 Å². The number of hydrogen-bond donors (Lipinski definition) is 1. The highest BCUT2D eigenvalue weighted by atomic mass is 35.5. The predicted octanol–water partition coefficient (Wildman–Crippen LogP) is 3.87. The lowest BCUT2D eigenvalue weighted by Gasteiger charge is -2.30. The molecule has 184 valence electrons. The van der Waals surface area contributed by atoms with Crippen molar-refractivity contribution in [3.8, 4) is 17.1 Å². The van der Waals surface area contributed by atoms with Crippen molar-refractivity contribution in [1.82, 2.24) is 25.5 Å². The van der Waals surface area contributed by atoms with Gasteiger partial charge in [-0.25, -0.2) is 0 Å². The predicted molar refractivity (Wildman–Crippen MR) is 133 cm³/mol. The molecule has 1 aromatic heterocycles. The van der Waals surface area contributed by atoms with E-state index in [4.69, 9.17) is 16.3 Å². The summed E-state index contributed by atoms with van der Waals surface area (Å²) in [5, 5.41) is 16.1. The number of halogens is 1. The fourth-order valence-electron chi connectivity index (χ4n) is 4.22. The highest BCUT2D eigenvalue weighted by molar-refractivity contribution is 6.30. The summed E-state index contributed by atoms with van der Waals surface area (Å²) < 4.78 is 5.77. The third-order valence-electron chi connectivity index (χ3n) is 5.99. The number of carbonyl (C=O) groups is 2. The van der Waals surface area contributed by atoms with Gasteiger partial charge in [0.25, 0.3) is 5.91 Å². The van der Waals surface area contributed by atoms with Crippen LogP contribution in [0.3, 0.4) is 0 Å². The average Bonchev–Trinajstić information content (AvgIpc) is 3.53. The van der Waals surface area contributed by atoms with Crippen molar-refractivity contribution in [2.24, 2.45) is 0 Å². The average molecular weight is 497 g/mol. The largest absolute Gasteiger partial charge is 0.492 e. The van der Waals surface area contributed by atoms with Crippen LogP contribution in [-0.2, 0) is 16.1 Å². The van der Waals surface area contributed by atoms with E-state index in [1.807, 2.05) is 19.1 Å². The molecule has 4 rings (SSSR count). The van der Waals surface area contributed by atoms with Crippen LogP contribution < -0.4 is 15.0 Å². The molecular weight excluding hydrogens is 468 g/mol. The highest BCUT2D eigenvalue weighted by Gasteiger charge is 2.31. The lowest BCUT2D eigenvalue weighted by Crippen LogP contribution is -2.51. The van der Waals surface area contributed by atoms with E-state index in [1.165, 1.54) is 9.70 Å². The number of aromatic nitrogens is 4. The summed E-state index contributed by atoms with van der Waals surface area (Å²) in [5.41, 5.74) is 1.25. The van der Waals surface area contributed by atoms with Gasteiger partial charge in [-0.05, 0) is 68.3 Å². The van der Waals surface area contributed by atoms with E-state index >= 15 is 0 Å². The lowest BCUT2D eigenvalue weighted by molar-refractivity contribution is -0.127. The first-order chi connectivity index (χ1) is 17.0. The minimum absolute atomic E-state index is 0.142. The SMILES string of the molecule is CCOc1ccccc1N(C(=O)Cn1nnc(-c2ccc(Cl)cc2)n1)C(C)C(=O)NC1CCCC1. The number of ether oxygens (including phenoxy) is 1. The Morgan fingerprint density at radius 2 is 1.89 bits per heavy atom. The number of amides is 2. The third kappa shape index (κ3) is 5.97. The molecule has 3 aromatic rings. The van der Waals surface area contributed by atoms with Crippen molar-refractivity contribution in [2.45, 2.75) is 58.2 Å². The number of carbonyl (C=O) groups excluding carboxylic acids is 2. The standard InChI is InChI=1S/C25H29ClN6O3/c1-3-35-22-11-7-6-10-21(22)32(17(2)25(34)27-20-8-4-5-9-20)23(33)16-31-29-24(28-30-31)18-12-14-19(26)15-13-18/h6-7,10-15,17,20H,3-5,8-9,16H2,1-2H3,(H,27,34). The Morgan fingerprint density at radius 3 is 2.60 bits per heavy atom. The van der Waals surface area contributed by atoms with Crippen molar-refractivity contribution < 1.29 is 14.3 Å². The van der Waals surface area contributed by atoms with Gasteiger partial charge in [0, 0.05) is 16.6 Å². The summed E-state index contributed by atoms with van der Waals surface area (Å²) in [5.74, 6) is 0.344. The van der Waals surface area contributed by atoms with E-state index < -0.39 is 6.04 Å². The molecule has 0 aliphatic heterocycles. The number of nitrogens with one attached hydrogen (secondary N) is 1. The molecule has 0 spiro atoms. The fourth-order valence-corrected chi connectivity index (χ4v) is 4.35. The first-order valence-electron chi connectivity index (χ1n) is 11.8. The zero-order valence-corrected chi connectivity index (χ0v) is 20.6. The number of anilines is 1. The van der Waals surface area contributed by atoms with Gasteiger partial charge in [-0.3, -0.25) is 14.5 Å². The molecule has 1 atom stereocenters. The van der Waals surface area contributed by atoms with Gasteiger partial charge >= 0.3 is 0 Å². The summed E-state index contributed by atoms with van der Waals surface area (Å²) >= 11 is 5.96. The van der Waals surface area contributed by atoms with Gasteiger partial charge in [0.1, 0.15) is 18.3 Å². The lowest BCUT2D eigenvalue weighted by atomic mass is 10.1. The summed E-state index contributed by atoms with van der Waals surface area (Å²) in [6, 6.07) is 13.6. The second-order valence-electron chi connectivity index (χ2n) is 8.48. The molecule has 1 fully saturated rings. The zero-order chi connectivity index (χ0) is 24.8. The maximum Gasteiger partial charge on any atom is 0.251 e. The van der Waals surface area contributed by atoms with Gasteiger partial charge in [0.2, 0.25) is 11.7 Å². The molecular formula is C25H29ClN6O3. The topological polar surface area (TPSA) is 102 Å². The number of tetrazole rings is 1. The smallest absolute Gasteiger partial charge is 0.251 e. The van der Waals surface area contributed by atoms with Crippen molar-refractivity contribution in [3.05, 3.63) is 53.6 Å². The molecule has 1 N–H and O–H groups in total. The maximum atomic E-state index is 13.6. The Labute approximate surface area is 209 Å². The quantitative estimate of drug-likeness (QED) is 0.482. The van der Waals surface area contributed by atoms with Crippen molar-refractivity contribution in [1.29, 1.82) is 0 Å². The van der Waals surface area contributed by atoms with Crippen molar-refractivity contribution >= 4 is 29.1 Å². The molecule has 1 aliphatic rings. The first kappa shape index (κ1) is 24.7. The van der Waals surface area contributed by atoms with Gasteiger partial charge in [-0.15, -0.1) is 10.2 Å². The van der Waals surface area contributed by atoms with Crippen LogP contribution in [0.15, 0.2) is 48.5 Å².